The van der Waals surface area contributed by atoms with Crippen LogP contribution in [0.2, 0.25) is 0 Å². The van der Waals surface area contributed by atoms with Crippen molar-refractivity contribution in [1.29, 1.82) is 0 Å². The zero-order valence-electron chi connectivity index (χ0n) is 13.1. The van der Waals surface area contributed by atoms with Crippen LogP contribution in [0.5, 0.6) is 0 Å². The van der Waals surface area contributed by atoms with Crippen LogP contribution in [0, 0.1) is 11.8 Å². The van der Waals surface area contributed by atoms with Gasteiger partial charge in [-0.2, -0.15) is 5.10 Å². The van der Waals surface area contributed by atoms with E-state index >= 15 is 0 Å². The molecule has 1 aromatic heterocycles. The minimum atomic E-state index is -0.0199. The summed E-state index contributed by atoms with van der Waals surface area (Å²) < 4.78 is 2.20. The molecule has 0 bridgehead atoms. The first-order valence-electron chi connectivity index (χ1n) is 8.15. The van der Waals surface area contributed by atoms with Crippen molar-refractivity contribution in [2.45, 2.75) is 58.9 Å². The monoisotopic (exact) mass is 355 g/mol. The number of hydrogen-bond acceptors (Lipinski definition) is 3. The zero-order chi connectivity index (χ0) is 15.2. The van der Waals surface area contributed by atoms with Crippen LogP contribution < -0.4 is 10.9 Å². The minimum absolute atomic E-state index is 0.0199. The Balaban J connectivity index is 1.96. The van der Waals surface area contributed by atoms with Gasteiger partial charge in [0.2, 0.25) is 0 Å². The van der Waals surface area contributed by atoms with Crippen molar-refractivity contribution in [1.82, 2.24) is 9.78 Å². The molecule has 21 heavy (non-hydrogen) atoms. The lowest BCUT2D eigenvalue weighted by Crippen LogP contribution is -2.26. The molecule has 1 aliphatic carbocycles. The van der Waals surface area contributed by atoms with Gasteiger partial charge in [-0.1, -0.05) is 33.1 Å². The summed E-state index contributed by atoms with van der Waals surface area (Å²) in [4.78, 5) is 12.3. The van der Waals surface area contributed by atoms with Gasteiger partial charge in [-0.05, 0) is 47.0 Å². The number of hydrogen-bond donors (Lipinski definition) is 1. The fourth-order valence-corrected chi connectivity index (χ4v) is 2.91. The van der Waals surface area contributed by atoms with E-state index in [9.17, 15) is 4.79 Å². The predicted octanol–water partition coefficient (Wildman–Crippen LogP) is 4.04. The van der Waals surface area contributed by atoms with Crippen LogP contribution in [0.3, 0.4) is 0 Å². The third-order valence-electron chi connectivity index (χ3n) is 4.24. The van der Waals surface area contributed by atoms with Crippen LogP contribution in [0.15, 0.2) is 15.5 Å². The summed E-state index contributed by atoms with van der Waals surface area (Å²) in [5, 5.41) is 7.68. The van der Waals surface area contributed by atoms with Gasteiger partial charge in [0, 0.05) is 13.1 Å². The summed E-state index contributed by atoms with van der Waals surface area (Å²) in [5.74, 6) is 1.31. The average Bonchev–Trinajstić information content (AvgIpc) is 3.30. The number of nitrogens with one attached hydrogen (secondary N) is 1. The average molecular weight is 356 g/mol. The molecule has 0 amide bonds. The molecule has 1 aromatic rings. The van der Waals surface area contributed by atoms with Gasteiger partial charge in [-0.25, -0.2) is 4.68 Å². The van der Waals surface area contributed by atoms with Gasteiger partial charge in [0.25, 0.3) is 5.56 Å². The molecule has 118 valence electrons. The second kappa shape index (κ2) is 7.97. The quantitative estimate of drug-likeness (QED) is 0.726. The topological polar surface area (TPSA) is 46.9 Å². The number of unbranched alkanes of at least 4 members (excludes halogenated alkanes) is 1. The number of rotatable bonds is 9. The zero-order valence-corrected chi connectivity index (χ0v) is 14.7. The van der Waals surface area contributed by atoms with Crippen molar-refractivity contribution in [2.24, 2.45) is 11.8 Å². The van der Waals surface area contributed by atoms with E-state index < -0.39 is 0 Å². The van der Waals surface area contributed by atoms with E-state index in [1.807, 2.05) is 0 Å². The Bertz CT molecular complexity index is 511. The van der Waals surface area contributed by atoms with Crippen molar-refractivity contribution >= 4 is 21.6 Å². The first-order chi connectivity index (χ1) is 10.2. The molecule has 0 aliphatic heterocycles. The minimum Gasteiger partial charge on any atom is -0.382 e. The van der Waals surface area contributed by atoms with Crippen LogP contribution in [0.1, 0.15) is 52.4 Å². The van der Waals surface area contributed by atoms with E-state index in [4.69, 9.17) is 0 Å². The van der Waals surface area contributed by atoms with Gasteiger partial charge in [-0.3, -0.25) is 4.79 Å². The Morgan fingerprint density at radius 1 is 1.48 bits per heavy atom. The third-order valence-corrected chi connectivity index (χ3v) is 5.00. The Morgan fingerprint density at radius 3 is 2.86 bits per heavy atom. The maximum absolute atomic E-state index is 12.3. The molecule has 1 fully saturated rings. The number of aromatic nitrogens is 2. The summed E-state index contributed by atoms with van der Waals surface area (Å²) in [5.41, 5.74) is 0.801. The molecule has 5 heteroatoms. The first kappa shape index (κ1) is 16.5. The number of anilines is 1. The van der Waals surface area contributed by atoms with E-state index in [2.05, 4.69) is 40.2 Å². The molecule has 1 N–H and O–H groups in total. The van der Waals surface area contributed by atoms with Gasteiger partial charge in [0.15, 0.2) is 0 Å². The first-order valence-corrected chi connectivity index (χ1v) is 8.94. The second-order valence-corrected chi connectivity index (χ2v) is 6.89. The molecule has 1 unspecified atom stereocenters. The fraction of sp³-hybridized carbons (Fsp3) is 0.750. The van der Waals surface area contributed by atoms with Crippen LogP contribution in [0.4, 0.5) is 5.69 Å². The van der Waals surface area contributed by atoms with Crippen molar-refractivity contribution in [3.8, 4) is 0 Å². The second-order valence-electron chi connectivity index (χ2n) is 6.10. The lowest BCUT2D eigenvalue weighted by atomic mass is 9.99. The summed E-state index contributed by atoms with van der Waals surface area (Å²) in [6.45, 7) is 6.11. The van der Waals surface area contributed by atoms with E-state index in [1.165, 1.54) is 32.1 Å². The molecule has 1 heterocycles. The van der Waals surface area contributed by atoms with Gasteiger partial charge in [0.05, 0.1) is 11.9 Å². The van der Waals surface area contributed by atoms with Crippen LogP contribution in [-0.2, 0) is 6.54 Å². The van der Waals surface area contributed by atoms with Gasteiger partial charge in [-0.15, -0.1) is 0 Å². The van der Waals surface area contributed by atoms with Crippen LogP contribution in [-0.4, -0.2) is 16.3 Å². The van der Waals surface area contributed by atoms with Gasteiger partial charge < -0.3 is 5.32 Å². The number of halogens is 1. The highest BCUT2D eigenvalue weighted by Gasteiger charge is 2.23. The molecule has 1 saturated carbocycles. The summed E-state index contributed by atoms with van der Waals surface area (Å²) >= 11 is 3.43. The standard InChI is InChI=1S/C16H26BrN3O/c1-3-5-6-12(4-2)9-18-14-10-19-20(11-13-7-8-13)16(21)15(14)17/h10,12-13,18H,3-9,11H2,1-2H3. The van der Waals surface area contributed by atoms with Crippen LogP contribution >= 0.6 is 15.9 Å². The van der Waals surface area contributed by atoms with Crippen molar-refractivity contribution < 1.29 is 0 Å². The molecule has 4 nitrogen and oxygen atoms in total. The highest BCUT2D eigenvalue weighted by molar-refractivity contribution is 9.10. The van der Waals surface area contributed by atoms with Gasteiger partial charge in [0.1, 0.15) is 4.47 Å². The number of nitrogens with zero attached hydrogens (tertiary/aromatic N) is 2. The van der Waals surface area contributed by atoms with E-state index in [1.54, 1.807) is 10.9 Å². The predicted molar refractivity (Wildman–Crippen MR) is 90.7 cm³/mol. The van der Waals surface area contributed by atoms with Crippen molar-refractivity contribution in [2.75, 3.05) is 11.9 Å². The Morgan fingerprint density at radius 2 is 2.24 bits per heavy atom. The fourth-order valence-electron chi connectivity index (χ4n) is 2.46. The Labute approximate surface area is 135 Å². The molecule has 1 aliphatic rings. The molecule has 1 atom stereocenters. The van der Waals surface area contributed by atoms with E-state index in [-0.39, 0.29) is 5.56 Å². The van der Waals surface area contributed by atoms with Crippen molar-refractivity contribution in [3.05, 3.63) is 21.0 Å². The third kappa shape index (κ3) is 4.83. The maximum atomic E-state index is 12.3. The molecule has 0 spiro atoms. The molecular formula is C16H26BrN3O. The normalized spacial score (nSPS) is 16.0. The highest BCUT2D eigenvalue weighted by Crippen LogP contribution is 2.30. The molecule has 0 aromatic carbocycles. The lowest BCUT2D eigenvalue weighted by molar-refractivity contribution is 0.472. The smallest absolute Gasteiger partial charge is 0.283 e. The van der Waals surface area contributed by atoms with Gasteiger partial charge >= 0.3 is 0 Å². The molecule has 2 rings (SSSR count). The Kier molecular flexibility index (Phi) is 6.27. The summed E-state index contributed by atoms with van der Waals surface area (Å²) in [7, 11) is 0. The summed E-state index contributed by atoms with van der Waals surface area (Å²) in [6.07, 6.45) is 9.13. The molecule has 0 saturated heterocycles. The largest absolute Gasteiger partial charge is 0.382 e. The van der Waals surface area contributed by atoms with E-state index in [0.29, 0.717) is 16.3 Å². The highest BCUT2D eigenvalue weighted by atomic mass is 79.9. The van der Waals surface area contributed by atoms with E-state index in [0.717, 1.165) is 25.2 Å². The van der Waals surface area contributed by atoms with Crippen molar-refractivity contribution in [3.63, 3.8) is 0 Å². The molecule has 0 radical (unpaired) electrons. The Hall–Kier alpha value is -0.840. The summed E-state index contributed by atoms with van der Waals surface area (Å²) in [6, 6.07) is 0. The van der Waals surface area contributed by atoms with Crippen LogP contribution in [0.25, 0.3) is 0 Å². The lowest BCUT2D eigenvalue weighted by Gasteiger charge is -2.17. The molecular weight excluding hydrogens is 330 g/mol. The maximum Gasteiger partial charge on any atom is 0.283 e. The SMILES string of the molecule is CCCCC(CC)CNc1cnn(CC2CC2)c(=O)c1Br.